The number of amides is 2. The maximum atomic E-state index is 12.3. The molecular weight excluding hydrogens is 262 g/mol. The lowest BCUT2D eigenvalue weighted by Gasteiger charge is -2.32. The molecule has 1 aromatic heterocycles. The summed E-state index contributed by atoms with van der Waals surface area (Å²) in [6.07, 6.45) is 2.08. The summed E-state index contributed by atoms with van der Waals surface area (Å²) in [4.78, 5) is 31.3. The molecule has 2 amide bonds. The van der Waals surface area contributed by atoms with Crippen LogP contribution in [0, 0.1) is 19.8 Å². The molecule has 0 spiro atoms. The van der Waals surface area contributed by atoms with Crippen LogP contribution in [0.3, 0.4) is 0 Å². The monoisotopic (exact) mass is 279 g/mol. The Morgan fingerprint density at radius 2 is 2.11 bits per heavy atom. The third-order valence-electron chi connectivity index (χ3n) is 3.72. The van der Waals surface area contributed by atoms with Gasteiger partial charge in [0, 0.05) is 4.88 Å². The largest absolute Gasteiger partial charge is 0.342 e. The molecule has 0 aromatic carbocycles. The van der Waals surface area contributed by atoms with E-state index in [1.165, 1.54) is 4.88 Å². The van der Waals surface area contributed by atoms with E-state index in [-0.39, 0.29) is 24.4 Å². The quantitative estimate of drug-likeness (QED) is 0.897. The molecule has 1 saturated heterocycles. The Hall–Kier alpha value is -1.43. The minimum atomic E-state index is -0.302. The minimum Gasteiger partial charge on any atom is -0.342 e. The van der Waals surface area contributed by atoms with E-state index in [9.17, 15) is 9.59 Å². The van der Waals surface area contributed by atoms with Crippen LogP contribution in [0.4, 0.5) is 0 Å². The first-order chi connectivity index (χ1) is 9.04. The summed E-state index contributed by atoms with van der Waals surface area (Å²) in [6.45, 7) is 4.59. The number of piperazine rings is 1. The summed E-state index contributed by atoms with van der Waals surface area (Å²) in [6, 6.07) is -0.302. The van der Waals surface area contributed by atoms with Crippen LogP contribution in [-0.2, 0) is 16.1 Å². The maximum Gasteiger partial charge on any atom is 0.246 e. The highest BCUT2D eigenvalue weighted by atomic mass is 32.1. The summed E-state index contributed by atoms with van der Waals surface area (Å²) in [5.74, 6) is 0.341. The number of aromatic nitrogens is 1. The van der Waals surface area contributed by atoms with Crippen LogP contribution in [-0.4, -0.2) is 34.3 Å². The van der Waals surface area contributed by atoms with Gasteiger partial charge in [-0.25, -0.2) is 4.98 Å². The van der Waals surface area contributed by atoms with Gasteiger partial charge in [0.15, 0.2) is 0 Å². The Kier molecular flexibility index (Phi) is 3.05. The van der Waals surface area contributed by atoms with Crippen molar-refractivity contribution in [2.45, 2.75) is 39.3 Å². The van der Waals surface area contributed by atoms with Gasteiger partial charge in [-0.2, -0.15) is 0 Å². The topological polar surface area (TPSA) is 62.3 Å². The fourth-order valence-electron chi connectivity index (χ4n) is 2.38. The molecular formula is C13H17N3O2S. The second kappa shape index (κ2) is 4.59. The van der Waals surface area contributed by atoms with Crippen LogP contribution in [0.15, 0.2) is 0 Å². The maximum absolute atomic E-state index is 12.3. The van der Waals surface area contributed by atoms with E-state index >= 15 is 0 Å². The van der Waals surface area contributed by atoms with Crippen LogP contribution in [0.5, 0.6) is 0 Å². The molecule has 2 heterocycles. The number of carbonyl (C=O) groups excluding carboxylic acids is 2. The molecule has 1 N–H and O–H groups in total. The molecule has 5 nitrogen and oxygen atoms in total. The lowest BCUT2D eigenvalue weighted by molar-refractivity contribution is -0.145. The predicted molar refractivity (Wildman–Crippen MR) is 71.7 cm³/mol. The summed E-state index contributed by atoms with van der Waals surface area (Å²) in [5.41, 5.74) is 1.01. The van der Waals surface area contributed by atoms with E-state index in [1.54, 1.807) is 16.2 Å². The van der Waals surface area contributed by atoms with Crippen molar-refractivity contribution < 1.29 is 9.59 Å². The average molecular weight is 279 g/mol. The Morgan fingerprint density at radius 3 is 2.68 bits per heavy atom. The van der Waals surface area contributed by atoms with Crippen molar-refractivity contribution in [3.63, 3.8) is 0 Å². The van der Waals surface area contributed by atoms with Gasteiger partial charge in [0.2, 0.25) is 11.8 Å². The van der Waals surface area contributed by atoms with Crippen molar-refractivity contribution in [1.82, 2.24) is 15.2 Å². The molecule has 0 radical (unpaired) electrons. The summed E-state index contributed by atoms with van der Waals surface area (Å²) in [7, 11) is 0. The lowest BCUT2D eigenvalue weighted by atomic mass is 10.1. The second-order valence-corrected chi connectivity index (χ2v) is 6.61. The number of hydrogen-bond donors (Lipinski definition) is 1. The van der Waals surface area contributed by atoms with Gasteiger partial charge < -0.3 is 10.2 Å². The Bertz CT molecular complexity index is 516. The van der Waals surface area contributed by atoms with E-state index in [2.05, 4.69) is 10.3 Å². The molecule has 19 heavy (non-hydrogen) atoms. The van der Waals surface area contributed by atoms with Gasteiger partial charge in [-0.05, 0) is 32.6 Å². The van der Waals surface area contributed by atoms with Gasteiger partial charge in [0.1, 0.15) is 17.6 Å². The highest BCUT2D eigenvalue weighted by molar-refractivity contribution is 7.11. The number of carbonyl (C=O) groups is 2. The first-order valence-corrected chi connectivity index (χ1v) is 7.37. The van der Waals surface area contributed by atoms with Crippen molar-refractivity contribution in [1.29, 1.82) is 0 Å². The predicted octanol–water partition coefficient (Wildman–Crippen LogP) is 0.997. The number of nitrogens with zero attached hydrogens (tertiary/aromatic N) is 2. The van der Waals surface area contributed by atoms with Crippen molar-refractivity contribution in [2.24, 2.45) is 5.92 Å². The zero-order valence-electron chi connectivity index (χ0n) is 11.1. The Morgan fingerprint density at radius 1 is 1.37 bits per heavy atom. The smallest absolute Gasteiger partial charge is 0.246 e. The molecule has 6 heteroatoms. The molecule has 1 saturated carbocycles. The molecule has 1 atom stereocenters. The third kappa shape index (κ3) is 2.49. The highest BCUT2D eigenvalue weighted by Gasteiger charge is 2.42. The van der Waals surface area contributed by atoms with Crippen molar-refractivity contribution in [3.8, 4) is 0 Å². The normalized spacial score (nSPS) is 23.7. The second-order valence-electron chi connectivity index (χ2n) is 5.33. The van der Waals surface area contributed by atoms with Crippen LogP contribution >= 0.6 is 11.3 Å². The minimum absolute atomic E-state index is 0.0487. The molecule has 2 aliphatic rings. The van der Waals surface area contributed by atoms with Gasteiger partial charge in [-0.15, -0.1) is 11.3 Å². The fraction of sp³-hybridized carbons (Fsp3) is 0.615. The first kappa shape index (κ1) is 12.6. The summed E-state index contributed by atoms with van der Waals surface area (Å²) < 4.78 is 0. The van der Waals surface area contributed by atoms with Crippen LogP contribution < -0.4 is 5.32 Å². The molecule has 1 aliphatic carbocycles. The first-order valence-electron chi connectivity index (χ1n) is 6.55. The van der Waals surface area contributed by atoms with Gasteiger partial charge in [0.05, 0.1) is 12.2 Å². The molecule has 1 aliphatic heterocycles. The average Bonchev–Trinajstić information content (AvgIpc) is 3.12. The molecule has 3 rings (SSSR count). The number of nitrogens with one attached hydrogen (secondary N) is 1. The zero-order valence-corrected chi connectivity index (χ0v) is 11.9. The number of aryl methyl sites for hydroxylation is 2. The van der Waals surface area contributed by atoms with Crippen LogP contribution in [0.25, 0.3) is 0 Å². The fourth-order valence-corrected chi connectivity index (χ4v) is 3.33. The van der Waals surface area contributed by atoms with Gasteiger partial charge in [-0.3, -0.25) is 9.59 Å². The van der Waals surface area contributed by atoms with Crippen molar-refractivity contribution >= 4 is 23.2 Å². The third-order valence-corrected chi connectivity index (χ3v) is 4.78. The molecule has 1 aromatic rings. The van der Waals surface area contributed by atoms with E-state index in [4.69, 9.17) is 0 Å². The standard InChI is InChI=1S/C13H17N3O2S/c1-7-8(2)19-11(14-7)6-16-5-10(17)15-12(13(16)18)9-3-4-9/h9,12H,3-6H2,1-2H3,(H,15,17). The lowest BCUT2D eigenvalue weighted by Crippen LogP contribution is -2.58. The van der Waals surface area contributed by atoms with Gasteiger partial charge in [-0.1, -0.05) is 0 Å². The summed E-state index contributed by atoms with van der Waals surface area (Å²) in [5, 5.41) is 3.72. The van der Waals surface area contributed by atoms with Crippen molar-refractivity contribution in [3.05, 3.63) is 15.6 Å². The Labute approximate surface area is 116 Å². The number of hydrogen-bond acceptors (Lipinski definition) is 4. The number of thiazole rings is 1. The summed E-state index contributed by atoms with van der Waals surface area (Å²) >= 11 is 1.60. The highest BCUT2D eigenvalue weighted by Crippen LogP contribution is 2.34. The molecule has 102 valence electrons. The van der Waals surface area contributed by atoms with Gasteiger partial charge >= 0.3 is 0 Å². The number of rotatable bonds is 3. The van der Waals surface area contributed by atoms with Crippen LogP contribution in [0.2, 0.25) is 0 Å². The van der Waals surface area contributed by atoms with Gasteiger partial charge in [0.25, 0.3) is 0 Å². The molecule has 2 fully saturated rings. The van der Waals surface area contributed by atoms with E-state index in [1.807, 2.05) is 13.8 Å². The van der Waals surface area contributed by atoms with Crippen LogP contribution in [0.1, 0.15) is 28.4 Å². The molecule has 1 unspecified atom stereocenters. The van der Waals surface area contributed by atoms with E-state index in [0.29, 0.717) is 12.5 Å². The Balaban J connectivity index is 1.75. The molecule has 0 bridgehead atoms. The zero-order chi connectivity index (χ0) is 13.6. The van der Waals surface area contributed by atoms with E-state index in [0.717, 1.165) is 23.5 Å². The van der Waals surface area contributed by atoms with Crippen molar-refractivity contribution in [2.75, 3.05) is 6.54 Å². The SMILES string of the molecule is Cc1nc(CN2CC(=O)NC(C3CC3)C2=O)sc1C. The van der Waals surface area contributed by atoms with E-state index < -0.39 is 0 Å².